The molecule has 0 radical (unpaired) electrons. The molecule has 12 heteroatoms. The molecule has 8 nitrogen and oxygen atoms in total. The summed E-state index contributed by atoms with van der Waals surface area (Å²) in [6.45, 7) is 11.9. The van der Waals surface area contributed by atoms with Crippen LogP contribution in [0.4, 0.5) is 10.5 Å². The molecule has 0 aromatic heterocycles. The van der Waals surface area contributed by atoms with Crippen molar-refractivity contribution in [2.24, 2.45) is 0 Å². The van der Waals surface area contributed by atoms with Gasteiger partial charge in [0.25, 0.3) is 5.91 Å². The molecular weight excluding hydrogens is 571 g/mol. The summed E-state index contributed by atoms with van der Waals surface area (Å²) in [4.78, 5) is 30.8. The largest absolute Gasteiger partial charge is 0.493 e. The Kier molecular flexibility index (Phi) is 9.10. The maximum atomic E-state index is 14.0. The topological polar surface area (TPSA) is 77.5 Å². The number of rotatable bonds is 6. The van der Waals surface area contributed by atoms with Gasteiger partial charge in [-0.15, -0.1) is 0 Å². The van der Waals surface area contributed by atoms with E-state index in [1.165, 1.54) is 19.1 Å². The fraction of sp³-hybridized carbons (Fsp3) is 0.538. The van der Waals surface area contributed by atoms with Crippen molar-refractivity contribution in [2.45, 2.75) is 68.3 Å². The Labute approximate surface area is 240 Å². The molecule has 1 aromatic carbocycles. The lowest BCUT2D eigenvalue weighted by molar-refractivity contribution is 0.0584. The predicted molar refractivity (Wildman–Crippen MR) is 153 cm³/mol. The first-order valence-corrected chi connectivity index (χ1v) is 16.2. The summed E-state index contributed by atoms with van der Waals surface area (Å²) < 4.78 is 21.5. The van der Waals surface area contributed by atoms with Gasteiger partial charge in [-0.1, -0.05) is 67.7 Å². The van der Waals surface area contributed by atoms with E-state index >= 15 is 0 Å². The van der Waals surface area contributed by atoms with E-state index in [-0.39, 0.29) is 22.2 Å². The number of halogens is 3. The molecule has 38 heavy (non-hydrogen) atoms. The molecule has 1 aromatic rings. The molecule has 2 atom stereocenters. The van der Waals surface area contributed by atoms with Crippen molar-refractivity contribution in [2.75, 3.05) is 25.7 Å². The molecular formula is C26H35Cl3N2O6Si. The average molecular weight is 606 g/mol. The molecule has 0 unspecified atom stereocenters. The van der Waals surface area contributed by atoms with Crippen LogP contribution in [0.15, 0.2) is 36.1 Å². The summed E-state index contributed by atoms with van der Waals surface area (Å²) in [5, 5.41) is -0.195. The fourth-order valence-corrected chi connectivity index (χ4v) is 5.54. The van der Waals surface area contributed by atoms with Gasteiger partial charge in [-0.25, -0.2) is 9.69 Å². The first-order chi connectivity index (χ1) is 17.5. The van der Waals surface area contributed by atoms with Gasteiger partial charge in [0.1, 0.15) is 6.61 Å². The van der Waals surface area contributed by atoms with Crippen LogP contribution in [0, 0.1) is 0 Å². The molecule has 2 heterocycles. The van der Waals surface area contributed by atoms with Crippen LogP contribution in [0.25, 0.3) is 0 Å². The normalized spacial score (nSPS) is 20.2. The fourth-order valence-electron chi connectivity index (χ4n) is 4.15. The van der Waals surface area contributed by atoms with Crippen molar-refractivity contribution >= 4 is 60.8 Å². The van der Waals surface area contributed by atoms with Crippen molar-refractivity contribution in [1.82, 2.24) is 4.90 Å². The number of methoxy groups -OCH3 is 2. The minimum atomic E-state index is -2.51. The number of hydrogen-bond donors (Lipinski definition) is 0. The van der Waals surface area contributed by atoms with Crippen LogP contribution < -0.4 is 14.4 Å². The zero-order valence-corrected chi connectivity index (χ0v) is 26.2. The van der Waals surface area contributed by atoms with Gasteiger partial charge in [0.15, 0.2) is 26.0 Å². The second-order valence-electron chi connectivity index (χ2n) is 10.7. The van der Waals surface area contributed by atoms with Gasteiger partial charge in [0, 0.05) is 12.3 Å². The summed E-state index contributed by atoms with van der Waals surface area (Å²) in [6, 6.07) is 2.59. The number of carbonyl (C=O) groups is 2. The van der Waals surface area contributed by atoms with Crippen LogP contribution >= 0.6 is 34.8 Å². The third kappa shape index (κ3) is 6.28. The Morgan fingerprint density at radius 3 is 2.26 bits per heavy atom. The highest BCUT2D eigenvalue weighted by Gasteiger charge is 2.50. The third-order valence-corrected chi connectivity index (χ3v) is 11.8. The Balaban J connectivity index is 2.29. The molecule has 0 saturated heterocycles. The standard InChI is InChI=1S/C26H35Cl3N2O6Si/c1-9-10-16-11-19-23(37-38(7,8)25(2,3)4)31(24(33)36-15-26(27,28)29)18-13-21(35-6)20(34-5)12-17(18)22(32)30(19)14-16/h9-10,12-14,19,23H,11,15H2,1-8H3/t19-,23-/m0/s1. The summed E-state index contributed by atoms with van der Waals surface area (Å²) >= 11 is 17.7. The summed E-state index contributed by atoms with van der Waals surface area (Å²) in [6.07, 6.45) is 4.38. The lowest BCUT2D eigenvalue weighted by Gasteiger charge is -2.44. The maximum absolute atomic E-state index is 14.0. The Morgan fingerprint density at radius 2 is 1.74 bits per heavy atom. The number of allylic oxidation sites excluding steroid dienone is 2. The second kappa shape index (κ2) is 11.3. The maximum Gasteiger partial charge on any atom is 0.416 e. The van der Waals surface area contributed by atoms with Crippen LogP contribution in [-0.4, -0.2) is 62.1 Å². The van der Waals surface area contributed by atoms with E-state index in [1.54, 1.807) is 23.2 Å². The first-order valence-electron chi connectivity index (χ1n) is 12.2. The van der Waals surface area contributed by atoms with Gasteiger partial charge < -0.3 is 23.5 Å². The lowest BCUT2D eigenvalue weighted by Crippen LogP contribution is -2.58. The van der Waals surface area contributed by atoms with Crippen molar-refractivity contribution in [1.29, 1.82) is 0 Å². The molecule has 2 amide bonds. The van der Waals surface area contributed by atoms with Crippen molar-refractivity contribution in [3.8, 4) is 11.5 Å². The summed E-state index contributed by atoms with van der Waals surface area (Å²) in [7, 11) is 0.443. The molecule has 2 aliphatic heterocycles. The number of anilines is 1. The molecule has 0 fully saturated rings. The zero-order valence-electron chi connectivity index (χ0n) is 22.9. The van der Waals surface area contributed by atoms with E-state index in [2.05, 4.69) is 33.9 Å². The van der Waals surface area contributed by atoms with Gasteiger partial charge in [-0.2, -0.15) is 0 Å². The highest BCUT2D eigenvalue weighted by atomic mass is 35.6. The lowest BCUT2D eigenvalue weighted by atomic mass is 10.1. The Morgan fingerprint density at radius 1 is 1.13 bits per heavy atom. The Bertz CT molecular complexity index is 1140. The highest BCUT2D eigenvalue weighted by Crippen LogP contribution is 2.45. The van der Waals surface area contributed by atoms with Crippen molar-refractivity contribution in [3.63, 3.8) is 0 Å². The number of amides is 2. The van der Waals surface area contributed by atoms with Crippen LogP contribution in [0.2, 0.25) is 18.1 Å². The number of nitrogens with zero attached hydrogens (tertiary/aromatic N) is 2. The smallest absolute Gasteiger partial charge is 0.416 e. The Hall–Kier alpha value is -1.91. The summed E-state index contributed by atoms with van der Waals surface area (Å²) in [5.74, 6) is 0.355. The monoisotopic (exact) mass is 604 g/mol. The minimum absolute atomic E-state index is 0.195. The number of carbonyl (C=O) groups excluding carboxylic acids is 2. The molecule has 0 saturated carbocycles. The van der Waals surface area contributed by atoms with E-state index in [9.17, 15) is 9.59 Å². The number of ether oxygens (including phenoxy) is 3. The van der Waals surface area contributed by atoms with E-state index in [0.717, 1.165) is 5.57 Å². The summed E-state index contributed by atoms with van der Waals surface area (Å²) in [5.41, 5.74) is 1.40. The van der Waals surface area contributed by atoms with Crippen LogP contribution in [0.3, 0.4) is 0 Å². The molecule has 0 N–H and O–H groups in total. The number of alkyl halides is 3. The zero-order chi connectivity index (χ0) is 28.6. The highest BCUT2D eigenvalue weighted by molar-refractivity contribution is 6.74. The van der Waals surface area contributed by atoms with Crippen LogP contribution in [0.1, 0.15) is 44.5 Å². The van der Waals surface area contributed by atoms with Crippen LogP contribution in [0.5, 0.6) is 11.5 Å². The first kappa shape index (κ1) is 30.6. The van der Waals surface area contributed by atoms with E-state index in [4.69, 9.17) is 53.4 Å². The van der Waals surface area contributed by atoms with Gasteiger partial charge in [0.2, 0.25) is 3.79 Å². The van der Waals surface area contributed by atoms with E-state index < -0.39 is 37.1 Å². The second-order valence-corrected chi connectivity index (χ2v) is 18.0. The quantitative estimate of drug-likeness (QED) is 0.255. The number of benzene rings is 1. The van der Waals surface area contributed by atoms with Crippen molar-refractivity contribution in [3.05, 3.63) is 41.6 Å². The van der Waals surface area contributed by atoms with Gasteiger partial charge in [0.05, 0.1) is 31.5 Å². The average Bonchev–Trinajstić information content (AvgIpc) is 3.21. The SMILES string of the molecule is CC=CC1=CN2C(=O)c3cc(OC)c(OC)cc3N(C(=O)OCC(Cl)(Cl)Cl)[C@@H](O[Si](C)(C)C(C)(C)C)[C@@H]2C1. The molecule has 210 valence electrons. The predicted octanol–water partition coefficient (Wildman–Crippen LogP) is 7.05. The third-order valence-electron chi connectivity index (χ3n) is 7.08. The number of hydrogen-bond acceptors (Lipinski definition) is 6. The molecule has 0 bridgehead atoms. The van der Waals surface area contributed by atoms with Gasteiger partial charge in [-0.3, -0.25) is 4.79 Å². The van der Waals surface area contributed by atoms with E-state index in [0.29, 0.717) is 17.9 Å². The minimum Gasteiger partial charge on any atom is -0.493 e. The molecule has 0 aliphatic carbocycles. The van der Waals surface area contributed by atoms with Gasteiger partial charge in [-0.05, 0) is 43.1 Å². The molecule has 3 rings (SSSR count). The van der Waals surface area contributed by atoms with Gasteiger partial charge >= 0.3 is 6.09 Å². The number of fused-ring (bicyclic) bond motifs is 2. The molecule has 2 aliphatic rings. The molecule has 0 spiro atoms. The van der Waals surface area contributed by atoms with E-state index in [1.807, 2.05) is 19.1 Å². The van der Waals surface area contributed by atoms with Crippen LogP contribution in [-0.2, 0) is 9.16 Å². The van der Waals surface area contributed by atoms with Crippen molar-refractivity contribution < 1.29 is 28.2 Å².